The molecule has 2 nitrogen and oxygen atoms in total. The van der Waals surface area contributed by atoms with Crippen molar-refractivity contribution < 1.29 is 9.59 Å². The Morgan fingerprint density at radius 3 is 1.41 bits per heavy atom. The van der Waals surface area contributed by atoms with Crippen LogP contribution in [0.1, 0.15) is 118 Å². The fourth-order valence-corrected chi connectivity index (χ4v) is 2.26. The molecule has 22 heavy (non-hydrogen) atoms. The predicted molar refractivity (Wildman–Crippen MR) is 97.3 cm³/mol. The number of hydrogen-bond donors (Lipinski definition) is 0. The zero-order valence-electron chi connectivity index (χ0n) is 15.7. The zero-order chi connectivity index (χ0) is 17.1. The highest BCUT2D eigenvalue weighted by molar-refractivity contribution is 5.77. The first-order chi connectivity index (χ1) is 10.6. The summed E-state index contributed by atoms with van der Waals surface area (Å²) in [5, 5.41) is 0. The summed E-state index contributed by atoms with van der Waals surface area (Å²) < 4.78 is 0. The Labute approximate surface area is 139 Å². The second kappa shape index (κ2) is 20.3. The molecule has 0 N–H and O–H groups in total. The van der Waals surface area contributed by atoms with Crippen molar-refractivity contribution in [3.8, 4) is 0 Å². The molecule has 0 bridgehead atoms. The number of carbonyl (C=O) groups is 2. The van der Waals surface area contributed by atoms with E-state index in [0.717, 1.165) is 25.7 Å². The molecule has 0 aliphatic heterocycles. The number of unbranched alkanes of at least 4 members (excludes halogenated alkanes) is 9. The second-order valence-corrected chi connectivity index (χ2v) is 6.28. The van der Waals surface area contributed by atoms with Gasteiger partial charge in [0.05, 0.1) is 0 Å². The maximum atomic E-state index is 10.8. The summed E-state index contributed by atoms with van der Waals surface area (Å²) in [7, 11) is 0. The molecule has 0 fully saturated rings. The van der Waals surface area contributed by atoms with Crippen LogP contribution in [0.3, 0.4) is 0 Å². The Morgan fingerprint density at radius 1 is 0.591 bits per heavy atom. The molecule has 0 saturated heterocycles. The van der Waals surface area contributed by atoms with Crippen molar-refractivity contribution in [3.05, 3.63) is 0 Å². The minimum Gasteiger partial charge on any atom is -0.300 e. The van der Waals surface area contributed by atoms with E-state index in [4.69, 9.17) is 0 Å². The minimum atomic E-state index is 0.334. The second-order valence-electron chi connectivity index (χ2n) is 6.28. The van der Waals surface area contributed by atoms with Crippen LogP contribution < -0.4 is 0 Å². The van der Waals surface area contributed by atoms with Gasteiger partial charge in [-0.2, -0.15) is 0 Å². The summed E-state index contributed by atoms with van der Waals surface area (Å²) in [6.07, 6.45) is 16.2. The summed E-state index contributed by atoms with van der Waals surface area (Å²) in [6, 6.07) is 0. The third-order valence-corrected chi connectivity index (χ3v) is 3.84. The maximum absolute atomic E-state index is 10.8. The first-order valence-corrected chi connectivity index (χ1v) is 9.59. The smallest absolute Gasteiger partial charge is 0.132 e. The van der Waals surface area contributed by atoms with Crippen LogP contribution in [0.25, 0.3) is 0 Å². The lowest BCUT2D eigenvalue weighted by Crippen LogP contribution is -1.93. The van der Waals surface area contributed by atoms with E-state index in [1.165, 1.54) is 57.8 Å². The van der Waals surface area contributed by atoms with Gasteiger partial charge in [0.15, 0.2) is 0 Å². The number of rotatable bonds is 14. The van der Waals surface area contributed by atoms with Gasteiger partial charge in [-0.3, -0.25) is 4.79 Å². The molecule has 2 heteroatoms. The van der Waals surface area contributed by atoms with Gasteiger partial charge in [-0.05, 0) is 19.8 Å². The highest BCUT2D eigenvalue weighted by Crippen LogP contribution is 2.07. The first-order valence-electron chi connectivity index (χ1n) is 9.59. The molecule has 0 aromatic heterocycles. The van der Waals surface area contributed by atoms with Gasteiger partial charge in [-0.1, -0.05) is 78.6 Å². The summed E-state index contributed by atoms with van der Waals surface area (Å²) >= 11 is 0. The van der Waals surface area contributed by atoms with Crippen LogP contribution in [-0.2, 0) is 9.59 Å². The lowest BCUT2D eigenvalue weighted by Gasteiger charge is -1.97. The van der Waals surface area contributed by atoms with Gasteiger partial charge in [0.1, 0.15) is 11.6 Å². The zero-order valence-corrected chi connectivity index (χ0v) is 15.7. The van der Waals surface area contributed by atoms with Crippen molar-refractivity contribution in [3.63, 3.8) is 0 Å². The first kappa shape index (κ1) is 23.6. The van der Waals surface area contributed by atoms with Crippen LogP contribution in [-0.4, -0.2) is 11.6 Å². The molecule has 0 spiro atoms. The molecule has 0 rings (SSSR count). The third kappa shape index (κ3) is 24.4. The quantitative estimate of drug-likeness (QED) is 0.336. The summed E-state index contributed by atoms with van der Waals surface area (Å²) in [5.74, 6) is 0.752. The number of Topliss-reactive ketones (excluding diaryl/α,β-unsaturated/α-hetero) is 2. The van der Waals surface area contributed by atoms with E-state index in [-0.39, 0.29) is 0 Å². The number of hydrogen-bond acceptors (Lipinski definition) is 2. The average Bonchev–Trinajstić information content (AvgIpc) is 2.50. The van der Waals surface area contributed by atoms with Crippen molar-refractivity contribution in [2.24, 2.45) is 0 Å². The Bertz CT molecular complexity index is 246. The minimum absolute atomic E-state index is 0.334. The van der Waals surface area contributed by atoms with E-state index in [1.54, 1.807) is 6.92 Å². The third-order valence-electron chi connectivity index (χ3n) is 3.84. The summed E-state index contributed by atoms with van der Waals surface area (Å²) in [4.78, 5) is 21.4. The average molecular weight is 313 g/mol. The molecule has 0 aliphatic rings. The van der Waals surface area contributed by atoms with Gasteiger partial charge in [0, 0.05) is 19.3 Å². The molecule has 0 amide bonds. The highest BCUT2D eigenvalue weighted by Gasteiger charge is 1.96. The maximum Gasteiger partial charge on any atom is 0.132 e. The predicted octanol–water partition coefficient (Wildman–Crippen LogP) is 6.65. The number of ketones is 2. The van der Waals surface area contributed by atoms with Gasteiger partial charge in [0.25, 0.3) is 0 Å². The Hall–Kier alpha value is -0.660. The van der Waals surface area contributed by atoms with Crippen molar-refractivity contribution in [2.75, 3.05) is 0 Å². The van der Waals surface area contributed by atoms with E-state index in [1.807, 2.05) is 6.92 Å². The summed E-state index contributed by atoms with van der Waals surface area (Å²) in [6.45, 7) is 8.03. The van der Waals surface area contributed by atoms with Gasteiger partial charge in [-0.25, -0.2) is 0 Å². The largest absolute Gasteiger partial charge is 0.300 e. The van der Waals surface area contributed by atoms with Crippen LogP contribution >= 0.6 is 0 Å². The lowest BCUT2D eigenvalue weighted by atomic mass is 10.1. The van der Waals surface area contributed by atoms with Crippen molar-refractivity contribution >= 4 is 11.6 Å². The molecule has 0 aromatic rings. The molecule has 0 heterocycles. The normalized spacial score (nSPS) is 10.0. The van der Waals surface area contributed by atoms with Crippen LogP contribution in [0.5, 0.6) is 0 Å². The van der Waals surface area contributed by atoms with Crippen LogP contribution in [0.2, 0.25) is 0 Å². The van der Waals surface area contributed by atoms with Gasteiger partial charge in [0.2, 0.25) is 0 Å². The fourth-order valence-electron chi connectivity index (χ4n) is 2.26. The van der Waals surface area contributed by atoms with Crippen molar-refractivity contribution in [2.45, 2.75) is 118 Å². The molecule has 0 saturated carbocycles. The van der Waals surface area contributed by atoms with E-state index in [0.29, 0.717) is 18.0 Å². The Balaban J connectivity index is 0. The van der Waals surface area contributed by atoms with E-state index < -0.39 is 0 Å². The molecule has 132 valence electrons. The Morgan fingerprint density at radius 2 is 1.00 bits per heavy atom. The fraction of sp³-hybridized carbons (Fsp3) is 0.900. The molecule has 0 atom stereocenters. The van der Waals surface area contributed by atoms with E-state index >= 15 is 0 Å². The van der Waals surface area contributed by atoms with E-state index in [9.17, 15) is 9.59 Å². The van der Waals surface area contributed by atoms with Crippen molar-refractivity contribution in [1.82, 2.24) is 0 Å². The van der Waals surface area contributed by atoms with Crippen molar-refractivity contribution in [1.29, 1.82) is 0 Å². The van der Waals surface area contributed by atoms with Gasteiger partial charge >= 0.3 is 0 Å². The van der Waals surface area contributed by atoms with Crippen LogP contribution in [0, 0.1) is 0 Å². The molecule has 0 aliphatic carbocycles. The highest BCUT2D eigenvalue weighted by atomic mass is 16.1. The monoisotopic (exact) mass is 312 g/mol. The molecular formula is C20H40O2. The summed E-state index contributed by atoms with van der Waals surface area (Å²) in [5.41, 5.74) is 0. The standard InChI is InChI=1S/2C10H20O/c1-3-4-5-6-7-8-9-10(2)11;1-3-5-6-7-8-9-10(11)4-2/h2*3-9H2,1-2H3. The molecule has 0 radical (unpaired) electrons. The van der Waals surface area contributed by atoms with E-state index in [2.05, 4.69) is 13.8 Å². The number of carbonyl (C=O) groups excluding carboxylic acids is 2. The molecule has 0 unspecified atom stereocenters. The van der Waals surface area contributed by atoms with Crippen LogP contribution in [0.4, 0.5) is 0 Å². The van der Waals surface area contributed by atoms with Crippen LogP contribution in [0.15, 0.2) is 0 Å². The Kier molecular flexibility index (Phi) is 21.8. The van der Waals surface area contributed by atoms with Gasteiger partial charge < -0.3 is 4.79 Å². The molecule has 0 aromatic carbocycles. The molecular weight excluding hydrogens is 272 g/mol. The van der Waals surface area contributed by atoms with Gasteiger partial charge in [-0.15, -0.1) is 0 Å². The SMILES string of the molecule is CCCCCCCC(=O)CC.CCCCCCCCC(C)=O. The lowest BCUT2D eigenvalue weighted by molar-refractivity contribution is -0.119. The topological polar surface area (TPSA) is 34.1 Å².